The molecule has 0 unspecified atom stereocenters. The summed E-state index contributed by atoms with van der Waals surface area (Å²) in [6, 6.07) is 14.7. The van der Waals surface area contributed by atoms with Gasteiger partial charge in [-0.3, -0.25) is 14.7 Å². The quantitative estimate of drug-likeness (QED) is 0.379. The van der Waals surface area contributed by atoms with Crippen molar-refractivity contribution in [1.82, 2.24) is 9.78 Å². The number of thioether (sulfide) groups is 1. The first kappa shape index (κ1) is 32.4. The van der Waals surface area contributed by atoms with Crippen LogP contribution in [-0.4, -0.2) is 39.1 Å². The van der Waals surface area contributed by atoms with Gasteiger partial charge in [0.25, 0.3) is 5.56 Å². The van der Waals surface area contributed by atoms with E-state index in [9.17, 15) is 19.2 Å². The molecule has 2 heterocycles. The van der Waals surface area contributed by atoms with Crippen molar-refractivity contribution in [2.45, 2.75) is 77.9 Å². The minimum atomic E-state index is -0.863. The molecule has 0 fully saturated rings. The predicted molar refractivity (Wildman–Crippen MR) is 174 cm³/mol. The van der Waals surface area contributed by atoms with Crippen LogP contribution >= 0.6 is 11.8 Å². The monoisotopic (exact) mass is 618 g/mol. The number of aromatic amines is 1. The van der Waals surface area contributed by atoms with Crippen molar-refractivity contribution in [1.29, 1.82) is 0 Å². The van der Waals surface area contributed by atoms with Gasteiger partial charge in [0.1, 0.15) is 11.2 Å². The molecule has 2 amide bonds. The van der Waals surface area contributed by atoms with Crippen LogP contribution in [0.5, 0.6) is 0 Å². The number of carbonyl (C=O) groups is 3. The summed E-state index contributed by atoms with van der Waals surface area (Å²) in [4.78, 5) is 55.4. The third-order valence-electron chi connectivity index (χ3n) is 6.06. The van der Waals surface area contributed by atoms with E-state index in [4.69, 9.17) is 9.47 Å². The summed E-state index contributed by atoms with van der Waals surface area (Å²) in [5.74, 6) is -0.168. The number of nitrogens with one attached hydrogen (secondary N) is 2. The Morgan fingerprint density at radius 1 is 0.932 bits per heavy atom. The lowest BCUT2D eigenvalue weighted by atomic mass is 10.0. The van der Waals surface area contributed by atoms with E-state index in [2.05, 4.69) is 10.4 Å². The average Bonchev–Trinajstić information content (AvgIpc) is 3.23. The third-order valence-corrected chi connectivity index (χ3v) is 7.12. The zero-order chi connectivity index (χ0) is 32.4. The van der Waals surface area contributed by atoms with Crippen molar-refractivity contribution in [3.8, 4) is 0 Å². The van der Waals surface area contributed by atoms with Gasteiger partial charge >= 0.3 is 12.2 Å². The van der Waals surface area contributed by atoms with Crippen molar-refractivity contribution in [2.75, 3.05) is 10.2 Å². The van der Waals surface area contributed by atoms with E-state index >= 15 is 0 Å². The Labute approximate surface area is 260 Å². The Balaban J connectivity index is 2.01. The van der Waals surface area contributed by atoms with Crippen molar-refractivity contribution in [3.05, 3.63) is 81.1 Å². The van der Waals surface area contributed by atoms with Crippen LogP contribution in [0.4, 0.5) is 21.0 Å². The zero-order valence-electron chi connectivity index (χ0n) is 26.2. The van der Waals surface area contributed by atoms with Crippen LogP contribution in [0.15, 0.2) is 64.3 Å². The Bertz CT molecular complexity index is 1800. The summed E-state index contributed by atoms with van der Waals surface area (Å²) >= 11 is 1.43. The number of para-hydroxylation sites is 1. The van der Waals surface area contributed by atoms with E-state index in [1.165, 1.54) is 23.6 Å². The van der Waals surface area contributed by atoms with Crippen LogP contribution in [0.2, 0.25) is 0 Å². The highest BCUT2D eigenvalue weighted by Crippen LogP contribution is 2.44. The van der Waals surface area contributed by atoms with Gasteiger partial charge in [-0.15, -0.1) is 4.68 Å². The zero-order valence-corrected chi connectivity index (χ0v) is 27.0. The van der Waals surface area contributed by atoms with E-state index < -0.39 is 28.9 Å². The van der Waals surface area contributed by atoms with Crippen LogP contribution in [0.3, 0.4) is 0 Å². The molecule has 10 nitrogen and oxygen atoms in total. The molecular formula is C33H38N4O6S. The first-order valence-electron chi connectivity index (χ1n) is 14.3. The summed E-state index contributed by atoms with van der Waals surface area (Å²) < 4.78 is 12.1. The molecule has 232 valence electrons. The maximum absolute atomic E-state index is 14.0. The summed E-state index contributed by atoms with van der Waals surface area (Å²) in [6.45, 7) is 13.8. The number of hydrogen-bond acceptors (Lipinski definition) is 7. The molecule has 1 aliphatic heterocycles. The first-order chi connectivity index (χ1) is 20.6. The maximum atomic E-state index is 14.0. The number of H-pyrrole nitrogens is 1. The summed E-state index contributed by atoms with van der Waals surface area (Å²) in [7, 11) is 0. The minimum absolute atomic E-state index is 0.122. The van der Waals surface area contributed by atoms with E-state index in [1.54, 1.807) is 78.0 Å². The van der Waals surface area contributed by atoms with Gasteiger partial charge in [0, 0.05) is 28.0 Å². The molecule has 1 aromatic heterocycles. The molecule has 0 saturated carbocycles. The number of fused-ring (bicyclic) bond motifs is 1. The number of benzene rings is 2. The number of ether oxygens (including phenoxy) is 2. The van der Waals surface area contributed by atoms with Gasteiger partial charge < -0.3 is 14.8 Å². The smallest absolute Gasteiger partial charge is 0.436 e. The highest BCUT2D eigenvalue weighted by molar-refractivity contribution is 8.08. The van der Waals surface area contributed by atoms with E-state index in [-0.39, 0.29) is 16.8 Å². The molecule has 1 aliphatic rings. The molecule has 3 aromatic rings. The highest BCUT2D eigenvalue weighted by Gasteiger charge is 2.33. The van der Waals surface area contributed by atoms with E-state index in [0.29, 0.717) is 23.1 Å². The minimum Gasteiger partial charge on any atom is -0.443 e. The van der Waals surface area contributed by atoms with Gasteiger partial charge in [-0.05, 0) is 84.4 Å². The number of aromatic nitrogens is 2. The molecule has 0 bridgehead atoms. The van der Waals surface area contributed by atoms with Gasteiger partial charge in [0.05, 0.1) is 22.0 Å². The SMILES string of the molecule is CCC=c1[nH]n(C(=O)OC(C)(C)C)c(=O)c1=C1C=C(Sc2ccc(NC(C)=O)cc2)c2ccccc2N1C(=O)OC(C)(C)C. The third kappa shape index (κ3) is 7.52. The van der Waals surface area contributed by atoms with Crippen LogP contribution < -0.4 is 26.3 Å². The molecule has 0 radical (unpaired) electrons. The van der Waals surface area contributed by atoms with Gasteiger partial charge in [0.2, 0.25) is 5.91 Å². The molecule has 11 heteroatoms. The molecule has 0 saturated heterocycles. The lowest BCUT2D eigenvalue weighted by Gasteiger charge is -2.32. The van der Waals surface area contributed by atoms with Crippen LogP contribution in [0, 0.1) is 0 Å². The second-order valence-electron chi connectivity index (χ2n) is 12.2. The van der Waals surface area contributed by atoms with Crippen LogP contribution in [0.1, 0.15) is 67.4 Å². The standard InChI is InChI=1S/C33H38N4O6S/c1-9-12-24-28(29(39)37(35-24)31(41)43-33(6,7)8)26-19-27(44-22-17-15-21(16-18-22)34-20(2)38)23-13-10-11-14-25(23)36(26)30(40)42-32(3,4)5/h10-19,35H,9H2,1-8H3,(H,34,38). The molecule has 44 heavy (non-hydrogen) atoms. The van der Waals surface area contributed by atoms with E-state index in [1.807, 2.05) is 31.2 Å². The summed E-state index contributed by atoms with van der Waals surface area (Å²) in [6.07, 6.45) is 2.55. The lowest BCUT2D eigenvalue weighted by Crippen LogP contribution is -2.46. The fraction of sp³-hybridized carbons (Fsp3) is 0.333. The lowest BCUT2D eigenvalue weighted by molar-refractivity contribution is -0.114. The second-order valence-corrected chi connectivity index (χ2v) is 13.3. The fourth-order valence-electron chi connectivity index (χ4n) is 4.47. The topological polar surface area (TPSA) is 123 Å². The molecule has 0 spiro atoms. The van der Waals surface area contributed by atoms with Gasteiger partial charge in [-0.1, -0.05) is 43.0 Å². The number of nitrogens with zero attached hydrogens (tertiary/aromatic N) is 2. The first-order valence-corrected chi connectivity index (χ1v) is 15.1. The Hall–Kier alpha value is -4.51. The van der Waals surface area contributed by atoms with Crippen molar-refractivity contribution in [2.24, 2.45) is 0 Å². The Morgan fingerprint density at radius 2 is 1.55 bits per heavy atom. The second kappa shape index (κ2) is 12.6. The van der Waals surface area contributed by atoms with Crippen molar-refractivity contribution < 1.29 is 23.9 Å². The maximum Gasteiger partial charge on any atom is 0.436 e. The average molecular weight is 619 g/mol. The van der Waals surface area contributed by atoms with Crippen molar-refractivity contribution in [3.63, 3.8) is 0 Å². The van der Waals surface area contributed by atoms with E-state index in [0.717, 1.165) is 20.0 Å². The molecule has 0 aliphatic carbocycles. The number of carbonyl (C=O) groups excluding carboxylic acids is 3. The normalized spacial score (nSPS) is 15.0. The molecule has 2 N–H and O–H groups in total. The molecule has 2 aromatic carbocycles. The molecule has 4 rings (SSSR count). The number of amides is 2. The predicted octanol–water partition coefficient (Wildman–Crippen LogP) is 5.81. The molecular weight excluding hydrogens is 580 g/mol. The fourth-order valence-corrected chi connectivity index (χ4v) is 5.45. The Kier molecular flexibility index (Phi) is 9.29. The number of anilines is 2. The van der Waals surface area contributed by atoms with Gasteiger partial charge in [0.15, 0.2) is 0 Å². The van der Waals surface area contributed by atoms with Gasteiger partial charge in [-0.25, -0.2) is 14.5 Å². The summed E-state index contributed by atoms with van der Waals surface area (Å²) in [5, 5.41) is 6.14. The Morgan fingerprint density at radius 3 is 2.14 bits per heavy atom. The van der Waals surface area contributed by atoms with Crippen LogP contribution in [0.25, 0.3) is 16.7 Å². The highest BCUT2D eigenvalue weighted by atomic mass is 32.2. The largest absolute Gasteiger partial charge is 0.443 e. The number of rotatable bonds is 4. The molecule has 0 atom stereocenters. The summed E-state index contributed by atoms with van der Waals surface area (Å²) in [5.41, 5.74) is -0.141. The number of hydrogen-bond donors (Lipinski definition) is 2. The van der Waals surface area contributed by atoms with Crippen LogP contribution in [-0.2, 0) is 14.3 Å². The van der Waals surface area contributed by atoms with Gasteiger partial charge in [-0.2, -0.15) is 0 Å². The van der Waals surface area contributed by atoms with Crippen molar-refractivity contribution >= 4 is 57.9 Å².